The maximum atomic E-state index is 11.7. The fourth-order valence-electron chi connectivity index (χ4n) is 2.53. The van der Waals surface area contributed by atoms with E-state index in [-0.39, 0.29) is 12.1 Å². The highest BCUT2D eigenvalue weighted by atomic mass is 16.5. The molecule has 1 unspecified atom stereocenters. The predicted octanol–water partition coefficient (Wildman–Crippen LogP) is 1.17. The lowest BCUT2D eigenvalue weighted by Crippen LogP contribution is -2.41. The lowest BCUT2D eigenvalue weighted by atomic mass is 10.0. The van der Waals surface area contributed by atoms with Gasteiger partial charge in [-0.15, -0.1) is 0 Å². The van der Waals surface area contributed by atoms with Gasteiger partial charge in [0.2, 0.25) is 0 Å². The number of methoxy groups -OCH3 is 1. The van der Waals surface area contributed by atoms with Crippen molar-refractivity contribution in [3.63, 3.8) is 0 Å². The minimum absolute atomic E-state index is 0.124. The molecule has 1 heterocycles. The zero-order valence-corrected chi connectivity index (χ0v) is 13.5. The first-order valence-electron chi connectivity index (χ1n) is 7.54. The first-order valence-corrected chi connectivity index (χ1v) is 7.54. The SMILES string of the molecule is COCCNC(=O)NCC(c1ccc2c(c1)CCO2)N(C)C. The Kier molecular flexibility index (Phi) is 6.03. The fourth-order valence-corrected chi connectivity index (χ4v) is 2.53. The first-order chi connectivity index (χ1) is 10.6. The standard InChI is InChI=1S/C16H25N3O3/c1-19(2)14(11-18-16(20)17-7-9-21-3)12-4-5-15-13(10-12)6-8-22-15/h4-5,10,14H,6-9,11H2,1-3H3,(H2,17,18,20). The zero-order valence-electron chi connectivity index (χ0n) is 13.5. The first kappa shape index (κ1) is 16.6. The van der Waals surface area contributed by atoms with Gasteiger partial charge in [0.05, 0.1) is 19.3 Å². The summed E-state index contributed by atoms with van der Waals surface area (Å²) in [5, 5.41) is 5.67. The van der Waals surface area contributed by atoms with Gasteiger partial charge in [0.1, 0.15) is 5.75 Å². The van der Waals surface area contributed by atoms with Crippen LogP contribution in [-0.2, 0) is 11.2 Å². The van der Waals surface area contributed by atoms with Crippen molar-refractivity contribution in [2.24, 2.45) is 0 Å². The van der Waals surface area contributed by atoms with Crippen LogP contribution in [-0.4, -0.2) is 58.4 Å². The van der Waals surface area contributed by atoms with Crippen molar-refractivity contribution in [3.8, 4) is 5.75 Å². The lowest BCUT2D eigenvalue weighted by molar-refractivity contribution is 0.194. The van der Waals surface area contributed by atoms with Gasteiger partial charge in [-0.2, -0.15) is 0 Å². The van der Waals surface area contributed by atoms with Gasteiger partial charge in [-0.05, 0) is 31.3 Å². The topological polar surface area (TPSA) is 62.8 Å². The van der Waals surface area contributed by atoms with E-state index in [9.17, 15) is 4.79 Å². The number of likely N-dealkylation sites (N-methyl/N-ethyl adjacent to an activating group) is 1. The summed E-state index contributed by atoms with van der Waals surface area (Å²) in [4.78, 5) is 13.9. The molecule has 22 heavy (non-hydrogen) atoms. The Bertz CT molecular complexity index is 505. The van der Waals surface area contributed by atoms with Crippen molar-refractivity contribution < 1.29 is 14.3 Å². The van der Waals surface area contributed by atoms with Gasteiger partial charge in [0, 0.05) is 26.6 Å². The Labute approximate surface area is 131 Å². The summed E-state index contributed by atoms with van der Waals surface area (Å²) < 4.78 is 10.4. The number of fused-ring (bicyclic) bond motifs is 1. The maximum absolute atomic E-state index is 11.7. The Balaban J connectivity index is 1.94. The summed E-state index contributed by atoms with van der Waals surface area (Å²) in [5.41, 5.74) is 2.43. The number of amides is 2. The number of hydrogen-bond acceptors (Lipinski definition) is 4. The summed E-state index contributed by atoms with van der Waals surface area (Å²) in [5.74, 6) is 0.978. The van der Waals surface area contributed by atoms with Gasteiger partial charge in [-0.1, -0.05) is 12.1 Å². The molecule has 0 spiro atoms. The smallest absolute Gasteiger partial charge is 0.314 e. The Hall–Kier alpha value is -1.79. The molecule has 6 nitrogen and oxygen atoms in total. The second-order valence-electron chi connectivity index (χ2n) is 5.57. The van der Waals surface area contributed by atoms with Crippen molar-refractivity contribution in [3.05, 3.63) is 29.3 Å². The number of nitrogens with one attached hydrogen (secondary N) is 2. The van der Waals surface area contributed by atoms with Crippen LogP contribution in [0.1, 0.15) is 17.2 Å². The van der Waals surface area contributed by atoms with Gasteiger partial charge in [0.25, 0.3) is 0 Å². The van der Waals surface area contributed by atoms with Crippen molar-refractivity contribution in [1.82, 2.24) is 15.5 Å². The number of ether oxygens (including phenoxy) is 2. The molecule has 0 radical (unpaired) electrons. The molecule has 1 aliphatic heterocycles. The van der Waals surface area contributed by atoms with Crippen LogP contribution < -0.4 is 15.4 Å². The van der Waals surface area contributed by atoms with Crippen LogP contribution in [0.3, 0.4) is 0 Å². The van der Waals surface area contributed by atoms with E-state index >= 15 is 0 Å². The van der Waals surface area contributed by atoms with Gasteiger partial charge in [-0.3, -0.25) is 0 Å². The minimum atomic E-state index is -0.173. The van der Waals surface area contributed by atoms with E-state index in [1.807, 2.05) is 20.2 Å². The molecule has 0 aromatic heterocycles. The molecule has 2 N–H and O–H groups in total. The molecule has 0 saturated carbocycles. The van der Waals surface area contributed by atoms with Gasteiger partial charge in [-0.25, -0.2) is 4.79 Å². The highest BCUT2D eigenvalue weighted by Crippen LogP contribution is 2.29. The van der Waals surface area contributed by atoms with E-state index in [1.54, 1.807) is 7.11 Å². The van der Waals surface area contributed by atoms with E-state index < -0.39 is 0 Å². The average Bonchev–Trinajstić information content (AvgIpc) is 2.95. The number of urea groups is 1. The largest absolute Gasteiger partial charge is 0.493 e. The molecular formula is C16H25N3O3. The molecule has 122 valence electrons. The maximum Gasteiger partial charge on any atom is 0.314 e. The average molecular weight is 307 g/mol. The molecular weight excluding hydrogens is 282 g/mol. The summed E-state index contributed by atoms with van der Waals surface area (Å²) in [7, 11) is 5.64. The summed E-state index contributed by atoms with van der Waals surface area (Å²) in [6, 6.07) is 6.22. The van der Waals surface area contributed by atoms with Crippen LogP contribution >= 0.6 is 0 Å². The third-order valence-electron chi connectivity index (χ3n) is 3.77. The van der Waals surface area contributed by atoms with Crippen LogP contribution in [0.25, 0.3) is 0 Å². The van der Waals surface area contributed by atoms with E-state index in [0.29, 0.717) is 19.7 Å². The van der Waals surface area contributed by atoms with Gasteiger partial charge in [0.15, 0.2) is 0 Å². The van der Waals surface area contributed by atoms with Crippen molar-refractivity contribution in [2.45, 2.75) is 12.5 Å². The molecule has 1 aromatic carbocycles. The minimum Gasteiger partial charge on any atom is -0.493 e. The third-order valence-corrected chi connectivity index (χ3v) is 3.77. The number of rotatable bonds is 7. The van der Waals surface area contributed by atoms with E-state index in [1.165, 1.54) is 11.1 Å². The molecule has 1 aromatic rings. The molecule has 2 amide bonds. The van der Waals surface area contributed by atoms with Crippen molar-refractivity contribution in [1.29, 1.82) is 0 Å². The molecule has 6 heteroatoms. The predicted molar refractivity (Wildman–Crippen MR) is 85.3 cm³/mol. The second kappa shape index (κ2) is 8.00. The molecule has 0 saturated heterocycles. The van der Waals surface area contributed by atoms with E-state index in [0.717, 1.165) is 18.8 Å². The Morgan fingerprint density at radius 3 is 2.95 bits per heavy atom. The van der Waals surface area contributed by atoms with Gasteiger partial charge >= 0.3 is 6.03 Å². The van der Waals surface area contributed by atoms with Crippen molar-refractivity contribution >= 4 is 6.03 Å². The van der Waals surface area contributed by atoms with Crippen LogP contribution in [0.15, 0.2) is 18.2 Å². The highest BCUT2D eigenvalue weighted by molar-refractivity contribution is 5.73. The number of nitrogens with zero attached hydrogens (tertiary/aromatic N) is 1. The number of benzene rings is 1. The monoisotopic (exact) mass is 307 g/mol. The molecule has 0 fully saturated rings. The Morgan fingerprint density at radius 1 is 1.41 bits per heavy atom. The Morgan fingerprint density at radius 2 is 2.23 bits per heavy atom. The lowest BCUT2D eigenvalue weighted by Gasteiger charge is -2.25. The van der Waals surface area contributed by atoms with E-state index in [4.69, 9.17) is 9.47 Å². The fraction of sp³-hybridized carbons (Fsp3) is 0.562. The molecule has 0 bridgehead atoms. The molecule has 1 aliphatic rings. The molecule has 2 rings (SSSR count). The van der Waals surface area contributed by atoms with Crippen LogP contribution in [0.4, 0.5) is 4.79 Å². The zero-order chi connectivity index (χ0) is 15.9. The number of carbonyl (C=O) groups excluding carboxylic acids is 1. The molecule has 1 atom stereocenters. The number of carbonyl (C=O) groups is 1. The normalized spacial score (nSPS) is 14.4. The van der Waals surface area contributed by atoms with Gasteiger partial charge < -0.3 is 25.0 Å². The summed E-state index contributed by atoms with van der Waals surface area (Å²) in [6.07, 6.45) is 0.953. The highest BCUT2D eigenvalue weighted by Gasteiger charge is 2.19. The molecule has 0 aliphatic carbocycles. The van der Waals surface area contributed by atoms with E-state index in [2.05, 4.69) is 27.7 Å². The number of hydrogen-bond donors (Lipinski definition) is 2. The van der Waals surface area contributed by atoms with Crippen LogP contribution in [0, 0.1) is 0 Å². The van der Waals surface area contributed by atoms with Crippen LogP contribution in [0.5, 0.6) is 5.75 Å². The summed E-state index contributed by atoms with van der Waals surface area (Å²) >= 11 is 0. The quantitative estimate of drug-likeness (QED) is 0.742. The third kappa shape index (κ3) is 4.35. The second-order valence-corrected chi connectivity index (χ2v) is 5.57. The summed E-state index contributed by atoms with van der Waals surface area (Å²) in [6.45, 7) is 2.32. The van der Waals surface area contributed by atoms with Crippen molar-refractivity contribution in [2.75, 3.05) is 47.5 Å². The van der Waals surface area contributed by atoms with Crippen LogP contribution in [0.2, 0.25) is 0 Å².